The first-order valence-electron chi connectivity index (χ1n) is 2.87. The second kappa shape index (κ2) is 3.18. The van der Waals surface area contributed by atoms with Gasteiger partial charge >= 0.3 is 6.18 Å². The first-order chi connectivity index (χ1) is 5.43. The molecule has 1 heterocycles. The summed E-state index contributed by atoms with van der Waals surface area (Å²) in [5.74, 6) is 0. The van der Waals surface area contributed by atoms with Gasteiger partial charge in [0.05, 0.1) is 9.11 Å². The Hall–Kier alpha value is -0.360. The lowest BCUT2D eigenvalue weighted by atomic mass is 10.3. The molecule has 1 aromatic rings. The fourth-order valence-corrected chi connectivity index (χ4v) is 1.71. The zero-order valence-electron chi connectivity index (χ0n) is 5.57. The molecule has 0 aliphatic carbocycles. The van der Waals surface area contributed by atoms with Crippen molar-refractivity contribution in [3.8, 4) is 0 Å². The molecule has 12 heavy (non-hydrogen) atoms. The van der Waals surface area contributed by atoms with Crippen LogP contribution in [0.25, 0.3) is 0 Å². The summed E-state index contributed by atoms with van der Waals surface area (Å²) in [7, 11) is 0. The number of nitrogens with one attached hydrogen (secondary N) is 1. The van der Waals surface area contributed by atoms with E-state index in [2.05, 4.69) is 33.1 Å². The first-order valence-corrected chi connectivity index (χ1v) is 4.07. The van der Waals surface area contributed by atoms with Crippen molar-refractivity contribution >= 4 is 28.1 Å². The van der Waals surface area contributed by atoms with Crippen molar-refractivity contribution in [2.24, 2.45) is 0 Å². The highest BCUT2D eigenvalue weighted by Gasteiger charge is 2.34. The number of pyridine rings is 1. The largest absolute Gasteiger partial charge is 0.420 e. The predicted molar refractivity (Wildman–Crippen MR) is 44.3 cm³/mol. The van der Waals surface area contributed by atoms with Crippen LogP contribution in [0.1, 0.15) is 5.56 Å². The minimum absolute atomic E-state index is 0.137. The van der Waals surface area contributed by atoms with Crippen LogP contribution in [0.3, 0.4) is 0 Å². The Morgan fingerprint density at radius 3 is 2.33 bits per heavy atom. The van der Waals surface area contributed by atoms with Gasteiger partial charge in [-0.1, -0.05) is 12.2 Å². The van der Waals surface area contributed by atoms with Gasteiger partial charge in [-0.3, -0.25) is 0 Å². The van der Waals surface area contributed by atoms with E-state index in [1.54, 1.807) is 0 Å². The molecule has 0 saturated heterocycles. The molecule has 1 rings (SSSR count). The number of halogens is 4. The third kappa shape index (κ3) is 1.87. The van der Waals surface area contributed by atoms with Gasteiger partial charge in [0.15, 0.2) is 0 Å². The van der Waals surface area contributed by atoms with Crippen LogP contribution in [-0.2, 0) is 6.18 Å². The maximum atomic E-state index is 12.2. The number of hydrogen-bond acceptors (Lipinski definition) is 1. The zero-order chi connectivity index (χ0) is 9.35. The van der Waals surface area contributed by atoms with Crippen LogP contribution in [0.5, 0.6) is 0 Å². The van der Waals surface area contributed by atoms with Crippen LogP contribution in [0.15, 0.2) is 16.9 Å². The summed E-state index contributed by atoms with van der Waals surface area (Å²) >= 11 is 7.26. The predicted octanol–water partition coefficient (Wildman–Crippen LogP) is 3.53. The van der Waals surface area contributed by atoms with Crippen LogP contribution in [0.4, 0.5) is 13.2 Å². The molecule has 0 spiro atoms. The Labute approximate surface area is 79.7 Å². The van der Waals surface area contributed by atoms with E-state index in [0.717, 1.165) is 0 Å². The average molecular weight is 258 g/mol. The fraction of sp³-hybridized carbons (Fsp3) is 0.167. The van der Waals surface area contributed by atoms with Crippen molar-refractivity contribution in [1.29, 1.82) is 0 Å². The smallest absolute Gasteiger partial charge is 0.355 e. The molecule has 0 atom stereocenters. The molecule has 0 aromatic carbocycles. The summed E-state index contributed by atoms with van der Waals surface area (Å²) in [6, 6.07) is 1.20. The molecule has 0 unspecified atom stereocenters. The minimum atomic E-state index is -4.41. The van der Waals surface area contributed by atoms with Gasteiger partial charge in [-0.25, -0.2) is 0 Å². The van der Waals surface area contributed by atoms with Crippen LogP contribution in [-0.4, -0.2) is 4.98 Å². The molecule has 0 amide bonds. The van der Waals surface area contributed by atoms with E-state index in [0.29, 0.717) is 0 Å². The van der Waals surface area contributed by atoms with E-state index in [1.807, 2.05) is 0 Å². The number of H-pyrrole nitrogens is 1. The second-order valence-electron chi connectivity index (χ2n) is 2.03. The molecule has 66 valence electrons. The van der Waals surface area contributed by atoms with Crippen molar-refractivity contribution in [2.75, 3.05) is 0 Å². The van der Waals surface area contributed by atoms with Crippen molar-refractivity contribution in [2.45, 2.75) is 6.18 Å². The lowest BCUT2D eigenvalue weighted by Gasteiger charge is -2.07. The molecule has 0 saturated carbocycles. The highest BCUT2D eigenvalue weighted by molar-refractivity contribution is 9.10. The van der Waals surface area contributed by atoms with Gasteiger partial charge in [0, 0.05) is 6.20 Å². The average Bonchev–Trinajstić information content (AvgIpc) is 1.82. The highest BCUT2D eigenvalue weighted by Crippen LogP contribution is 2.34. The van der Waals surface area contributed by atoms with Gasteiger partial charge in [0.2, 0.25) is 0 Å². The Balaban J connectivity index is 3.42. The quantitative estimate of drug-likeness (QED) is 0.556. The van der Waals surface area contributed by atoms with Crippen LogP contribution in [0.2, 0.25) is 0 Å². The minimum Gasteiger partial charge on any atom is -0.355 e. The summed E-state index contributed by atoms with van der Waals surface area (Å²) < 4.78 is 36.2. The van der Waals surface area contributed by atoms with E-state index >= 15 is 0 Å². The Bertz CT molecular complexity index is 343. The van der Waals surface area contributed by atoms with Crippen LogP contribution in [0, 0.1) is 4.51 Å². The van der Waals surface area contributed by atoms with E-state index in [4.69, 9.17) is 0 Å². The van der Waals surface area contributed by atoms with Crippen LogP contribution < -0.4 is 0 Å². The lowest BCUT2D eigenvalue weighted by molar-refractivity contribution is -0.138. The number of alkyl halides is 3. The molecular formula is C6H3BrF3NS. The first kappa shape index (κ1) is 9.73. The molecule has 1 nitrogen and oxygen atoms in total. The molecule has 0 radical (unpaired) electrons. The Morgan fingerprint density at radius 1 is 1.42 bits per heavy atom. The molecule has 1 aromatic heterocycles. The molecule has 0 fully saturated rings. The van der Waals surface area contributed by atoms with Gasteiger partial charge in [0.1, 0.15) is 5.56 Å². The number of rotatable bonds is 0. The maximum absolute atomic E-state index is 12.2. The summed E-state index contributed by atoms with van der Waals surface area (Å²) in [6.07, 6.45) is -3.06. The monoisotopic (exact) mass is 257 g/mol. The summed E-state index contributed by atoms with van der Waals surface area (Å²) in [6.45, 7) is 0. The van der Waals surface area contributed by atoms with Crippen molar-refractivity contribution in [1.82, 2.24) is 4.98 Å². The van der Waals surface area contributed by atoms with Gasteiger partial charge in [-0.15, -0.1) is 0 Å². The Kier molecular flexibility index (Phi) is 2.58. The molecule has 0 aliphatic heterocycles. The molecule has 1 N–H and O–H groups in total. The van der Waals surface area contributed by atoms with E-state index < -0.39 is 11.7 Å². The van der Waals surface area contributed by atoms with Gasteiger partial charge in [-0.05, 0) is 22.0 Å². The summed E-state index contributed by atoms with van der Waals surface area (Å²) in [4.78, 5) is 2.38. The third-order valence-corrected chi connectivity index (χ3v) is 2.16. The van der Waals surface area contributed by atoms with Crippen molar-refractivity contribution in [3.05, 3.63) is 26.9 Å². The number of aromatic amines is 1. The normalized spacial score (nSPS) is 11.7. The van der Waals surface area contributed by atoms with E-state index in [9.17, 15) is 13.2 Å². The van der Waals surface area contributed by atoms with E-state index in [-0.39, 0.29) is 9.11 Å². The zero-order valence-corrected chi connectivity index (χ0v) is 7.98. The molecule has 6 heteroatoms. The molecule has 0 bridgehead atoms. The second-order valence-corrected chi connectivity index (χ2v) is 3.26. The highest BCUT2D eigenvalue weighted by atomic mass is 79.9. The molecule has 0 aliphatic rings. The summed E-state index contributed by atoms with van der Waals surface area (Å²) in [5, 5.41) is 0. The lowest BCUT2D eigenvalue weighted by Crippen LogP contribution is -2.07. The van der Waals surface area contributed by atoms with Gasteiger partial charge in [0.25, 0.3) is 0 Å². The maximum Gasteiger partial charge on any atom is 0.420 e. The Morgan fingerprint density at radius 2 is 2.00 bits per heavy atom. The topological polar surface area (TPSA) is 15.8 Å². The number of aromatic nitrogens is 1. The van der Waals surface area contributed by atoms with Crippen molar-refractivity contribution < 1.29 is 13.2 Å². The van der Waals surface area contributed by atoms with Crippen LogP contribution >= 0.6 is 28.1 Å². The van der Waals surface area contributed by atoms with Gasteiger partial charge < -0.3 is 4.98 Å². The van der Waals surface area contributed by atoms with Gasteiger partial charge in [-0.2, -0.15) is 13.2 Å². The third-order valence-electron chi connectivity index (χ3n) is 1.19. The SMILES string of the molecule is FC(F)(F)c1c(Br)[nH]ccc1=S. The van der Waals surface area contributed by atoms with E-state index in [1.165, 1.54) is 12.3 Å². The fourth-order valence-electron chi connectivity index (χ4n) is 0.718. The number of hydrogen-bond donors (Lipinski definition) is 1. The standard InChI is InChI=1S/C6H3BrF3NS/c7-5-4(6(8,9)10)3(12)1-2-11-5/h1-2H,(H,11,12). The molecular weight excluding hydrogens is 255 g/mol. The summed E-state index contributed by atoms with van der Waals surface area (Å²) in [5.41, 5.74) is -0.833. The van der Waals surface area contributed by atoms with Crippen molar-refractivity contribution in [3.63, 3.8) is 0 Å².